The van der Waals surface area contributed by atoms with Crippen molar-refractivity contribution in [3.05, 3.63) is 0 Å². The van der Waals surface area contributed by atoms with Crippen molar-refractivity contribution in [1.82, 2.24) is 0 Å². The average Bonchev–Trinajstić information content (AvgIpc) is 1.84. The number of hydrogen-bond donors (Lipinski definition) is 1. The molecule has 0 aliphatic rings. The highest BCUT2D eigenvalue weighted by Crippen LogP contribution is 2.17. The predicted octanol–water partition coefficient (Wildman–Crippen LogP) is 0.506. The van der Waals surface area contributed by atoms with Crippen LogP contribution < -0.4 is 5.73 Å². The molecule has 0 aromatic heterocycles. The Bertz CT molecular complexity index is 192. The van der Waals surface area contributed by atoms with Gasteiger partial charge >= 0.3 is 0 Å². The van der Waals surface area contributed by atoms with Crippen molar-refractivity contribution in [2.75, 3.05) is 6.26 Å². The van der Waals surface area contributed by atoms with Gasteiger partial charge in [0, 0.05) is 6.26 Å². The lowest BCUT2D eigenvalue weighted by Gasteiger charge is -2.23. The Labute approximate surface area is 62.5 Å². The Morgan fingerprint density at radius 2 is 1.60 bits per heavy atom. The summed E-state index contributed by atoms with van der Waals surface area (Å²) in [6.07, 6.45) is 2.13. The van der Waals surface area contributed by atoms with Gasteiger partial charge in [0.15, 0.2) is 9.84 Å². The fourth-order valence-corrected chi connectivity index (χ4v) is 1.82. The van der Waals surface area contributed by atoms with Crippen LogP contribution in [0.1, 0.15) is 26.7 Å². The minimum Gasteiger partial charge on any atom is -0.313 e. The van der Waals surface area contributed by atoms with Crippen LogP contribution in [0.4, 0.5) is 0 Å². The minimum atomic E-state index is -3.09. The SMILES string of the molecule is CCC(N)(CC)S(C)(=O)=O. The van der Waals surface area contributed by atoms with Crippen LogP contribution in [-0.2, 0) is 9.84 Å². The average molecular weight is 165 g/mol. The summed E-state index contributed by atoms with van der Waals surface area (Å²) in [5.74, 6) is 0. The van der Waals surface area contributed by atoms with Crippen LogP contribution in [-0.4, -0.2) is 19.5 Å². The summed E-state index contributed by atoms with van der Waals surface area (Å²) in [6, 6.07) is 0. The van der Waals surface area contributed by atoms with Gasteiger partial charge in [-0.15, -0.1) is 0 Å². The zero-order chi connectivity index (χ0) is 8.41. The quantitative estimate of drug-likeness (QED) is 0.662. The lowest BCUT2D eigenvalue weighted by molar-refractivity contribution is 0.496. The standard InChI is InChI=1S/C6H15NO2S/c1-4-6(7,5-2)10(3,8)9/h4-5,7H2,1-3H3. The predicted molar refractivity (Wildman–Crippen MR) is 42.3 cm³/mol. The molecule has 0 rings (SSSR count). The molecule has 0 aliphatic heterocycles. The highest BCUT2D eigenvalue weighted by molar-refractivity contribution is 7.92. The number of rotatable bonds is 3. The van der Waals surface area contributed by atoms with Gasteiger partial charge in [-0.05, 0) is 12.8 Å². The lowest BCUT2D eigenvalue weighted by atomic mass is 10.2. The summed E-state index contributed by atoms with van der Waals surface area (Å²) < 4.78 is 22.0. The molecule has 0 aliphatic carbocycles. The molecule has 0 bridgehead atoms. The maximum Gasteiger partial charge on any atom is 0.165 e. The van der Waals surface area contributed by atoms with E-state index in [0.29, 0.717) is 12.8 Å². The molecule has 0 saturated heterocycles. The van der Waals surface area contributed by atoms with Gasteiger partial charge in [-0.1, -0.05) is 13.8 Å². The minimum absolute atomic E-state index is 0.475. The third-order valence-electron chi connectivity index (χ3n) is 1.94. The second-order valence-electron chi connectivity index (χ2n) is 2.54. The van der Waals surface area contributed by atoms with Crippen molar-refractivity contribution in [1.29, 1.82) is 0 Å². The van der Waals surface area contributed by atoms with Gasteiger partial charge < -0.3 is 5.73 Å². The summed E-state index contributed by atoms with van der Waals surface area (Å²) in [5, 5.41) is 0. The molecule has 0 fully saturated rings. The van der Waals surface area contributed by atoms with Gasteiger partial charge in [0.25, 0.3) is 0 Å². The molecular formula is C6H15NO2S. The van der Waals surface area contributed by atoms with Gasteiger partial charge in [-0.25, -0.2) is 8.42 Å². The molecule has 3 nitrogen and oxygen atoms in total. The van der Waals surface area contributed by atoms with Crippen LogP contribution in [0, 0.1) is 0 Å². The third kappa shape index (κ3) is 1.70. The van der Waals surface area contributed by atoms with E-state index in [0.717, 1.165) is 0 Å². The Morgan fingerprint density at radius 3 is 1.60 bits per heavy atom. The molecule has 0 amide bonds. The molecule has 0 unspecified atom stereocenters. The number of hydrogen-bond acceptors (Lipinski definition) is 3. The third-order valence-corrected chi connectivity index (χ3v) is 3.99. The second-order valence-corrected chi connectivity index (χ2v) is 4.90. The molecule has 10 heavy (non-hydrogen) atoms. The molecule has 0 aromatic carbocycles. The first kappa shape index (κ1) is 9.91. The first-order valence-corrected chi connectivity index (χ1v) is 5.25. The summed E-state index contributed by atoms with van der Waals surface area (Å²) in [6.45, 7) is 3.56. The normalized spacial score (nSPS) is 13.6. The van der Waals surface area contributed by atoms with E-state index in [1.165, 1.54) is 6.26 Å². The van der Waals surface area contributed by atoms with Crippen molar-refractivity contribution in [3.8, 4) is 0 Å². The summed E-state index contributed by atoms with van der Waals surface area (Å²) in [4.78, 5) is -1.01. The topological polar surface area (TPSA) is 60.2 Å². The Hall–Kier alpha value is -0.0900. The van der Waals surface area contributed by atoms with E-state index >= 15 is 0 Å². The van der Waals surface area contributed by atoms with Gasteiger partial charge in [-0.2, -0.15) is 0 Å². The fourth-order valence-electron chi connectivity index (χ4n) is 0.774. The zero-order valence-corrected chi connectivity index (χ0v) is 7.53. The van der Waals surface area contributed by atoms with Gasteiger partial charge in [0.2, 0.25) is 0 Å². The van der Waals surface area contributed by atoms with E-state index in [9.17, 15) is 8.42 Å². The van der Waals surface area contributed by atoms with Crippen molar-refractivity contribution >= 4 is 9.84 Å². The second kappa shape index (κ2) is 2.88. The Kier molecular flexibility index (Phi) is 2.86. The van der Waals surface area contributed by atoms with E-state index in [1.54, 1.807) is 13.8 Å². The first-order valence-electron chi connectivity index (χ1n) is 3.36. The molecule has 0 heterocycles. The zero-order valence-electron chi connectivity index (χ0n) is 6.72. The monoisotopic (exact) mass is 165 g/mol. The van der Waals surface area contributed by atoms with Crippen LogP contribution in [0.25, 0.3) is 0 Å². The number of nitrogens with two attached hydrogens (primary N) is 1. The van der Waals surface area contributed by atoms with E-state index in [4.69, 9.17) is 5.73 Å². The van der Waals surface area contributed by atoms with Crippen molar-refractivity contribution in [2.45, 2.75) is 31.6 Å². The summed E-state index contributed by atoms with van der Waals surface area (Å²) in [5.41, 5.74) is 5.59. The molecule has 4 heteroatoms. The van der Waals surface area contributed by atoms with E-state index in [1.807, 2.05) is 0 Å². The van der Waals surface area contributed by atoms with Gasteiger partial charge in [0.05, 0.1) is 0 Å². The van der Waals surface area contributed by atoms with Crippen LogP contribution in [0.15, 0.2) is 0 Å². The van der Waals surface area contributed by atoms with Crippen LogP contribution in [0.3, 0.4) is 0 Å². The summed E-state index contributed by atoms with van der Waals surface area (Å²) in [7, 11) is -3.09. The molecule has 0 spiro atoms. The highest BCUT2D eigenvalue weighted by Gasteiger charge is 2.31. The molecular weight excluding hydrogens is 150 g/mol. The molecule has 0 atom stereocenters. The maximum absolute atomic E-state index is 11.0. The number of sulfone groups is 1. The van der Waals surface area contributed by atoms with Gasteiger partial charge in [-0.3, -0.25) is 0 Å². The van der Waals surface area contributed by atoms with E-state index in [-0.39, 0.29) is 0 Å². The molecule has 0 saturated carbocycles. The van der Waals surface area contributed by atoms with Crippen molar-refractivity contribution in [2.24, 2.45) is 5.73 Å². The smallest absolute Gasteiger partial charge is 0.165 e. The Morgan fingerprint density at radius 1 is 1.30 bits per heavy atom. The Balaban J connectivity index is 4.68. The highest BCUT2D eigenvalue weighted by atomic mass is 32.2. The largest absolute Gasteiger partial charge is 0.313 e. The van der Waals surface area contributed by atoms with Crippen LogP contribution >= 0.6 is 0 Å². The molecule has 62 valence electrons. The van der Waals surface area contributed by atoms with Crippen molar-refractivity contribution < 1.29 is 8.42 Å². The van der Waals surface area contributed by atoms with E-state index in [2.05, 4.69) is 0 Å². The lowest BCUT2D eigenvalue weighted by Crippen LogP contribution is -2.45. The molecule has 2 N–H and O–H groups in total. The van der Waals surface area contributed by atoms with Gasteiger partial charge in [0.1, 0.15) is 4.87 Å². The van der Waals surface area contributed by atoms with Crippen LogP contribution in [0.2, 0.25) is 0 Å². The fraction of sp³-hybridized carbons (Fsp3) is 1.00. The van der Waals surface area contributed by atoms with Crippen LogP contribution in [0.5, 0.6) is 0 Å². The maximum atomic E-state index is 11.0. The first-order chi connectivity index (χ1) is 4.37. The molecule has 0 aromatic rings. The molecule has 0 radical (unpaired) electrons. The van der Waals surface area contributed by atoms with E-state index < -0.39 is 14.7 Å². The summed E-state index contributed by atoms with van der Waals surface area (Å²) >= 11 is 0. The van der Waals surface area contributed by atoms with Crippen molar-refractivity contribution in [3.63, 3.8) is 0 Å².